The minimum absolute atomic E-state index is 0.385. The van der Waals surface area contributed by atoms with E-state index in [9.17, 15) is 4.79 Å². The summed E-state index contributed by atoms with van der Waals surface area (Å²) in [5, 5.41) is 2.83. The first kappa shape index (κ1) is 9.83. The molecular formula is C9H6ClNOS2. The Morgan fingerprint density at radius 1 is 1.50 bits per heavy atom. The summed E-state index contributed by atoms with van der Waals surface area (Å²) in [7, 11) is 0. The van der Waals surface area contributed by atoms with Crippen molar-refractivity contribution in [2.45, 2.75) is 6.42 Å². The molecule has 0 fully saturated rings. The number of hydrogen-bond donors (Lipinski definition) is 0. The van der Waals surface area contributed by atoms with Crippen LogP contribution in [0.1, 0.15) is 5.69 Å². The Morgan fingerprint density at radius 3 is 3.00 bits per heavy atom. The first-order valence-electron chi connectivity index (χ1n) is 3.93. The zero-order valence-corrected chi connectivity index (χ0v) is 9.46. The Kier molecular flexibility index (Phi) is 2.96. The maximum atomic E-state index is 10.3. The van der Waals surface area contributed by atoms with E-state index in [1.165, 1.54) is 22.7 Å². The van der Waals surface area contributed by atoms with Crippen LogP contribution in [0.4, 0.5) is 0 Å². The molecule has 14 heavy (non-hydrogen) atoms. The third-order valence-corrected chi connectivity index (χ3v) is 3.92. The average Bonchev–Trinajstić information content (AvgIpc) is 2.74. The second-order valence-corrected chi connectivity index (χ2v) is 5.19. The Morgan fingerprint density at radius 2 is 2.36 bits per heavy atom. The molecule has 0 saturated heterocycles. The SMILES string of the molecule is O=CCc1csc(-c2ccc(Cl)s2)n1. The second-order valence-electron chi connectivity index (χ2n) is 2.62. The van der Waals surface area contributed by atoms with Crippen LogP contribution in [0.3, 0.4) is 0 Å². The van der Waals surface area contributed by atoms with Crippen molar-refractivity contribution in [3.8, 4) is 9.88 Å². The van der Waals surface area contributed by atoms with E-state index in [0.717, 1.165) is 26.2 Å². The van der Waals surface area contributed by atoms with Crippen LogP contribution in [-0.2, 0) is 11.2 Å². The minimum Gasteiger partial charge on any atom is -0.303 e. The second kappa shape index (κ2) is 4.21. The van der Waals surface area contributed by atoms with Gasteiger partial charge in [-0.25, -0.2) is 4.98 Å². The van der Waals surface area contributed by atoms with Crippen molar-refractivity contribution in [2.24, 2.45) is 0 Å². The molecule has 2 aromatic rings. The molecule has 0 aliphatic carbocycles. The number of carbonyl (C=O) groups excluding carboxylic acids is 1. The number of nitrogens with zero attached hydrogens (tertiary/aromatic N) is 1. The molecule has 2 aromatic heterocycles. The molecule has 0 aliphatic rings. The third kappa shape index (κ3) is 2.03. The van der Waals surface area contributed by atoms with E-state index in [1.807, 2.05) is 17.5 Å². The fourth-order valence-corrected chi connectivity index (χ4v) is 2.98. The van der Waals surface area contributed by atoms with E-state index in [-0.39, 0.29) is 0 Å². The first-order valence-corrected chi connectivity index (χ1v) is 6.01. The van der Waals surface area contributed by atoms with Gasteiger partial charge < -0.3 is 4.79 Å². The largest absolute Gasteiger partial charge is 0.303 e. The maximum Gasteiger partial charge on any atom is 0.133 e. The van der Waals surface area contributed by atoms with E-state index >= 15 is 0 Å². The van der Waals surface area contributed by atoms with E-state index in [2.05, 4.69) is 4.98 Å². The summed E-state index contributed by atoms with van der Waals surface area (Å²) in [5.74, 6) is 0. The number of aldehydes is 1. The highest BCUT2D eigenvalue weighted by molar-refractivity contribution is 7.23. The van der Waals surface area contributed by atoms with Gasteiger partial charge in [-0.2, -0.15) is 0 Å². The lowest BCUT2D eigenvalue weighted by Gasteiger charge is -1.86. The van der Waals surface area contributed by atoms with Gasteiger partial charge in [-0.05, 0) is 12.1 Å². The van der Waals surface area contributed by atoms with Crippen LogP contribution in [0, 0.1) is 0 Å². The highest BCUT2D eigenvalue weighted by Gasteiger charge is 2.06. The van der Waals surface area contributed by atoms with Gasteiger partial charge in [-0.3, -0.25) is 0 Å². The quantitative estimate of drug-likeness (QED) is 0.775. The van der Waals surface area contributed by atoms with Crippen molar-refractivity contribution in [3.05, 3.63) is 27.5 Å². The van der Waals surface area contributed by atoms with Gasteiger partial charge >= 0.3 is 0 Å². The molecule has 0 aliphatic heterocycles. The molecule has 5 heteroatoms. The monoisotopic (exact) mass is 243 g/mol. The summed E-state index contributed by atoms with van der Waals surface area (Å²) < 4.78 is 0.757. The molecule has 2 nitrogen and oxygen atoms in total. The fourth-order valence-electron chi connectivity index (χ4n) is 1.03. The summed E-state index contributed by atoms with van der Waals surface area (Å²) in [5.41, 5.74) is 0.824. The highest BCUT2D eigenvalue weighted by Crippen LogP contribution is 2.32. The third-order valence-electron chi connectivity index (χ3n) is 1.63. The Balaban J connectivity index is 2.28. The van der Waals surface area contributed by atoms with Crippen LogP contribution in [-0.4, -0.2) is 11.3 Å². The molecule has 0 N–H and O–H groups in total. The van der Waals surface area contributed by atoms with Crippen LogP contribution < -0.4 is 0 Å². The normalized spacial score (nSPS) is 10.4. The summed E-state index contributed by atoms with van der Waals surface area (Å²) in [4.78, 5) is 15.6. The van der Waals surface area contributed by atoms with Crippen LogP contribution in [0.2, 0.25) is 4.34 Å². The van der Waals surface area contributed by atoms with Crippen molar-refractivity contribution in [3.63, 3.8) is 0 Å². The van der Waals surface area contributed by atoms with Crippen molar-refractivity contribution >= 4 is 40.6 Å². The zero-order valence-electron chi connectivity index (χ0n) is 7.07. The number of thiazole rings is 1. The van der Waals surface area contributed by atoms with E-state index < -0.39 is 0 Å². The Labute approximate surface area is 94.2 Å². The first-order chi connectivity index (χ1) is 6.79. The fraction of sp³-hybridized carbons (Fsp3) is 0.111. The molecule has 0 spiro atoms. The predicted octanol–water partition coefficient (Wildman–Crippen LogP) is 3.27. The Hall–Kier alpha value is -0.710. The van der Waals surface area contributed by atoms with Crippen molar-refractivity contribution in [1.82, 2.24) is 4.98 Å². The summed E-state index contributed by atoms with van der Waals surface area (Å²) in [6.07, 6.45) is 1.25. The molecule has 0 aromatic carbocycles. The molecule has 2 heterocycles. The van der Waals surface area contributed by atoms with Gasteiger partial charge in [0.1, 0.15) is 11.3 Å². The van der Waals surface area contributed by atoms with Crippen LogP contribution in [0.15, 0.2) is 17.5 Å². The van der Waals surface area contributed by atoms with E-state index in [1.54, 1.807) is 0 Å². The predicted molar refractivity (Wildman–Crippen MR) is 60.2 cm³/mol. The topological polar surface area (TPSA) is 30.0 Å². The van der Waals surface area contributed by atoms with Crippen LogP contribution in [0.5, 0.6) is 0 Å². The van der Waals surface area contributed by atoms with Crippen molar-refractivity contribution in [1.29, 1.82) is 0 Å². The number of halogens is 1. The number of rotatable bonds is 3. The highest BCUT2D eigenvalue weighted by atomic mass is 35.5. The van der Waals surface area contributed by atoms with Gasteiger partial charge in [-0.1, -0.05) is 11.6 Å². The van der Waals surface area contributed by atoms with Crippen molar-refractivity contribution in [2.75, 3.05) is 0 Å². The smallest absolute Gasteiger partial charge is 0.133 e. The van der Waals surface area contributed by atoms with Crippen molar-refractivity contribution < 1.29 is 4.79 Å². The van der Waals surface area contributed by atoms with E-state index in [4.69, 9.17) is 11.6 Å². The average molecular weight is 244 g/mol. The van der Waals surface area contributed by atoms with Gasteiger partial charge in [0.25, 0.3) is 0 Å². The molecular weight excluding hydrogens is 238 g/mol. The molecule has 0 bridgehead atoms. The van der Waals surface area contributed by atoms with Gasteiger partial charge in [0.05, 0.1) is 14.9 Å². The van der Waals surface area contributed by atoms with Gasteiger partial charge in [0.15, 0.2) is 0 Å². The van der Waals surface area contributed by atoms with Gasteiger partial charge in [0, 0.05) is 11.8 Å². The standard InChI is InChI=1S/C9H6ClNOS2/c10-8-2-1-7(14-8)9-11-6(3-4-12)5-13-9/h1-2,4-5H,3H2. The molecule has 0 unspecified atom stereocenters. The zero-order chi connectivity index (χ0) is 9.97. The molecule has 2 rings (SSSR count). The molecule has 0 amide bonds. The summed E-state index contributed by atoms with van der Waals surface area (Å²) in [6, 6.07) is 3.79. The van der Waals surface area contributed by atoms with Gasteiger partial charge in [0.2, 0.25) is 0 Å². The lowest BCUT2D eigenvalue weighted by molar-refractivity contribution is -0.107. The van der Waals surface area contributed by atoms with Crippen LogP contribution >= 0.6 is 34.3 Å². The van der Waals surface area contributed by atoms with E-state index in [0.29, 0.717) is 6.42 Å². The number of aromatic nitrogens is 1. The number of hydrogen-bond acceptors (Lipinski definition) is 4. The van der Waals surface area contributed by atoms with Gasteiger partial charge in [-0.15, -0.1) is 22.7 Å². The summed E-state index contributed by atoms with van der Waals surface area (Å²) in [6.45, 7) is 0. The number of thiophene rings is 1. The summed E-state index contributed by atoms with van der Waals surface area (Å²) >= 11 is 8.85. The molecule has 0 saturated carbocycles. The minimum atomic E-state index is 0.385. The van der Waals surface area contributed by atoms with Crippen LogP contribution in [0.25, 0.3) is 9.88 Å². The Bertz CT molecular complexity index is 449. The molecule has 0 radical (unpaired) electrons. The lowest BCUT2D eigenvalue weighted by Crippen LogP contribution is -1.84. The lowest BCUT2D eigenvalue weighted by atomic mass is 10.4. The maximum absolute atomic E-state index is 10.3. The molecule has 72 valence electrons. The molecule has 0 atom stereocenters. The number of carbonyl (C=O) groups is 1.